The zero-order chi connectivity index (χ0) is 9.35. The number of rotatable bonds is 1. The Hall–Kier alpha value is -0.240. The van der Waals surface area contributed by atoms with E-state index in [-0.39, 0.29) is 6.42 Å². The second-order valence-corrected chi connectivity index (χ2v) is 2.91. The number of hydrogen-bond donors (Lipinski definition) is 5. The van der Waals surface area contributed by atoms with Gasteiger partial charge in [0.25, 0.3) is 0 Å². The first-order chi connectivity index (χ1) is 5.49. The van der Waals surface area contributed by atoms with Crippen molar-refractivity contribution in [1.82, 2.24) is 0 Å². The van der Waals surface area contributed by atoms with Crippen LogP contribution in [0.2, 0.25) is 0 Å². The molecule has 1 saturated heterocycles. The Morgan fingerprint density at radius 1 is 1.50 bits per heavy atom. The lowest BCUT2D eigenvalue weighted by Crippen LogP contribution is -2.61. The minimum Gasteiger partial charge on any atom is -0.391 e. The summed E-state index contributed by atoms with van der Waals surface area (Å²) >= 11 is 0. The largest absolute Gasteiger partial charge is 0.391 e. The van der Waals surface area contributed by atoms with E-state index in [0.29, 0.717) is 0 Å². The highest BCUT2D eigenvalue weighted by molar-refractivity contribution is 4.88. The molecule has 1 heterocycles. The van der Waals surface area contributed by atoms with Crippen molar-refractivity contribution in [3.8, 4) is 0 Å². The van der Waals surface area contributed by atoms with Crippen LogP contribution in [0.25, 0.3) is 0 Å². The Morgan fingerprint density at radius 2 is 2.08 bits per heavy atom. The fourth-order valence-corrected chi connectivity index (χ4v) is 1.18. The van der Waals surface area contributed by atoms with Gasteiger partial charge in [-0.15, -0.1) is 0 Å². The van der Waals surface area contributed by atoms with Crippen molar-refractivity contribution < 1.29 is 25.2 Å². The zero-order valence-corrected chi connectivity index (χ0v) is 6.42. The molecular weight excluding hydrogens is 166 g/mol. The quantitative estimate of drug-likeness (QED) is 0.295. The first-order valence-electron chi connectivity index (χ1n) is 3.62. The van der Waals surface area contributed by atoms with E-state index in [1.807, 2.05) is 0 Å². The van der Waals surface area contributed by atoms with Gasteiger partial charge >= 0.3 is 0 Å². The number of aliphatic hydroxyl groups is 4. The first-order valence-corrected chi connectivity index (χ1v) is 3.62. The molecule has 0 saturated carbocycles. The second kappa shape index (κ2) is 3.25. The van der Waals surface area contributed by atoms with Crippen LogP contribution in [0.3, 0.4) is 0 Å². The molecule has 0 aliphatic carbocycles. The summed E-state index contributed by atoms with van der Waals surface area (Å²) in [6.07, 6.45) is -3.54. The third kappa shape index (κ3) is 1.58. The van der Waals surface area contributed by atoms with Crippen LogP contribution in [0.5, 0.6) is 0 Å². The summed E-state index contributed by atoms with van der Waals surface area (Å²) in [4.78, 5) is 0. The van der Waals surface area contributed by atoms with Gasteiger partial charge in [0, 0.05) is 6.42 Å². The van der Waals surface area contributed by atoms with Crippen LogP contribution in [-0.2, 0) is 4.74 Å². The average molecular weight is 179 g/mol. The third-order valence-corrected chi connectivity index (χ3v) is 1.88. The number of nitrogens with two attached hydrogens (primary N) is 1. The molecule has 4 unspecified atom stereocenters. The minimum atomic E-state index is -2.14. The van der Waals surface area contributed by atoms with E-state index in [1.165, 1.54) is 0 Å². The molecule has 6 nitrogen and oxygen atoms in total. The first kappa shape index (κ1) is 9.85. The fraction of sp³-hybridized carbons (Fsp3) is 1.00. The molecule has 0 aromatic rings. The van der Waals surface area contributed by atoms with Crippen molar-refractivity contribution in [2.45, 2.75) is 30.6 Å². The Labute approximate surface area is 69.2 Å². The average Bonchev–Trinajstić information content (AvgIpc) is 2.00. The van der Waals surface area contributed by atoms with Crippen LogP contribution in [0.4, 0.5) is 0 Å². The number of aliphatic hydroxyl groups excluding tert-OH is 3. The lowest BCUT2D eigenvalue weighted by atomic mass is 9.98. The Bertz CT molecular complexity index is 166. The van der Waals surface area contributed by atoms with Crippen molar-refractivity contribution in [3.05, 3.63) is 0 Å². The molecule has 0 aromatic heterocycles. The predicted molar refractivity (Wildman–Crippen MR) is 37.7 cm³/mol. The van der Waals surface area contributed by atoms with Gasteiger partial charge in [0.05, 0.1) is 12.7 Å². The summed E-state index contributed by atoms with van der Waals surface area (Å²) in [5, 5.41) is 36.3. The molecule has 0 radical (unpaired) electrons. The Kier molecular flexibility index (Phi) is 2.67. The molecule has 1 fully saturated rings. The van der Waals surface area contributed by atoms with Gasteiger partial charge in [0.15, 0.2) is 0 Å². The van der Waals surface area contributed by atoms with Crippen LogP contribution in [0.1, 0.15) is 6.42 Å². The van der Waals surface area contributed by atoms with Crippen molar-refractivity contribution >= 4 is 0 Å². The van der Waals surface area contributed by atoms with Crippen molar-refractivity contribution in [1.29, 1.82) is 0 Å². The second-order valence-electron chi connectivity index (χ2n) is 2.91. The molecule has 0 aromatic carbocycles. The van der Waals surface area contributed by atoms with Gasteiger partial charge in [0.1, 0.15) is 12.3 Å². The maximum atomic E-state index is 9.33. The maximum Gasteiger partial charge on any atom is 0.220 e. The lowest BCUT2D eigenvalue weighted by molar-refractivity contribution is -0.331. The summed E-state index contributed by atoms with van der Waals surface area (Å²) < 4.78 is 4.68. The van der Waals surface area contributed by atoms with Crippen LogP contribution >= 0.6 is 0 Å². The van der Waals surface area contributed by atoms with E-state index in [1.54, 1.807) is 0 Å². The molecule has 72 valence electrons. The van der Waals surface area contributed by atoms with Crippen LogP contribution < -0.4 is 5.73 Å². The molecule has 1 rings (SSSR count). The van der Waals surface area contributed by atoms with E-state index in [9.17, 15) is 10.2 Å². The van der Waals surface area contributed by atoms with Gasteiger partial charge in [0.2, 0.25) is 5.79 Å². The van der Waals surface area contributed by atoms with Crippen molar-refractivity contribution in [2.24, 2.45) is 5.73 Å². The molecule has 0 amide bonds. The molecular formula is C6H13NO5. The molecule has 4 atom stereocenters. The molecule has 6 heteroatoms. The topological polar surface area (TPSA) is 116 Å². The van der Waals surface area contributed by atoms with Gasteiger partial charge in [-0.1, -0.05) is 0 Å². The van der Waals surface area contributed by atoms with Gasteiger partial charge in [-0.3, -0.25) is 0 Å². The Morgan fingerprint density at radius 3 is 2.58 bits per heavy atom. The molecule has 6 N–H and O–H groups in total. The summed E-state index contributed by atoms with van der Waals surface area (Å²) in [6, 6.07) is 0. The van der Waals surface area contributed by atoms with Gasteiger partial charge < -0.3 is 30.9 Å². The summed E-state index contributed by atoms with van der Waals surface area (Å²) in [7, 11) is 0. The van der Waals surface area contributed by atoms with E-state index < -0.39 is 30.8 Å². The highest BCUT2D eigenvalue weighted by atomic mass is 16.7. The van der Waals surface area contributed by atoms with Crippen LogP contribution in [0, 0.1) is 0 Å². The fourth-order valence-electron chi connectivity index (χ4n) is 1.18. The number of ether oxygens (including phenoxy) is 1. The van der Waals surface area contributed by atoms with Crippen molar-refractivity contribution in [3.63, 3.8) is 0 Å². The smallest absolute Gasteiger partial charge is 0.220 e. The molecule has 12 heavy (non-hydrogen) atoms. The summed E-state index contributed by atoms with van der Waals surface area (Å²) in [6.45, 7) is -0.807. The van der Waals surface area contributed by atoms with E-state index in [0.717, 1.165) is 0 Å². The highest BCUT2D eigenvalue weighted by Gasteiger charge is 2.46. The minimum absolute atomic E-state index is 0.0312. The predicted octanol–water partition coefficient (Wildman–Crippen LogP) is -2.91. The number of hydrogen-bond acceptors (Lipinski definition) is 6. The SMILES string of the molecule is NC1CC(O)C(O)C(O)(CO)O1. The van der Waals surface area contributed by atoms with Gasteiger partial charge in [-0.05, 0) is 0 Å². The normalized spacial score (nSPS) is 49.2. The van der Waals surface area contributed by atoms with Gasteiger partial charge in [-0.2, -0.15) is 0 Å². The van der Waals surface area contributed by atoms with Gasteiger partial charge in [-0.25, -0.2) is 0 Å². The van der Waals surface area contributed by atoms with E-state index in [4.69, 9.17) is 15.9 Å². The van der Waals surface area contributed by atoms with E-state index >= 15 is 0 Å². The molecule has 0 spiro atoms. The zero-order valence-electron chi connectivity index (χ0n) is 6.42. The van der Waals surface area contributed by atoms with Crippen LogP contribution in [-0.4, -0.2) is 51.3 Å². The van der Waals surface area contributed by atoms with Crippen LogP contribution in [0.15, 0.2) is 0 Å². The maximum absolute atomic E-state index is 9.33. The lowest BCUT2D eigenvalue weighted by Gasteiger charge is -2.40. The Balaban J connectivity index is 2.72. The third-order valence-electron chi connectivity index (χ3n) is 1.88. The molecule has 1 aliphatic heterocycles. The standard InChI is InChI=1S/C6H13NO5/c7-4-1-3(9)5(10)6(11,2-8)12-4/h3-5,8-11H,1-2,7H2. The molecule has 1 aliphatic rings. The molecule has 0 bridgehead atoms. The summed E-state index contributed by atoms with van der Waals surface area (Å²) in [5.74, 6) is -2.14. The highest BCUT2D eigenvalue weighted by Crippen LogP contribution is 2.24. The summed E-state index contributed by atoms with van der Waals surface area (Å²) in [5.41, 5.74) is 5.27. The van der Waals surface area contributed by atoms with E-state index in [2.05, 4.69) is 4.74 Å². The monoisotopic (exact) mass is 179 g/mol. The van der Waals surface area contributed by atoms with Crippen molar-refractivity contribution in [2.75, 3.05) is 6.61 Å².